The van der Waals surface area contributed by atoms with Crippen LogP contribution in [-0.4, -0.2) is 34.9 Å². The average Bonchev–Trinajstić information content (AvgIpc) is 1.90. The third-order valence-corrected chi connectivity index (χ3v) is 2.98. The van der Waals surface area contributed by atoms with Gasteiger partial charge >= 0.3 is 0 Å². The molecule has 0 radical (unpaired) electrons. The molecule has 2 heteroatoms. The molecule has 0 aliphatic heterocycles. The molecule has 0 saturated carbocycles. The van der Waals surface area contributed by atoms with Crippen molar-refractivity contribution in [3.63, 3.8) is 0 Å². The summed E-state index contributed by atoms with van der Waals surface area (Å²) in [5.41, 5.74) is -0.599. The van der Waals surface area contributed by atoms with E-state index >= 15 is 0 Å². The van der Waals surface area contributed by atoms with Gasteiger partial charge < -0.3 is 5.11 Å². The number of nitrogens with zero attached hydrogens (tertiary/aromatic N) is 1. The van der Waals surface area contributed by atoms with E-state index in [1.807, 2.05) is 13.8 Å². The van der Waals surface area contributed by atoms with Crippen molar-refractivity contribution in [1.82, 2.24) is 0 Å². The van der Waals surface area contributed by atoms with E-state index in [1.165, 1.54) is 0 Å². The number of hydrogen-bond donors (Lipinski definition) is 1. The molecule has 0 saturated heterocycles. The molecule has 0 aromatic carbocycles. The lowest BCUT2D eigenvalue weighted by molar-refractivity contribution is -0.991. The first-order valence-electron chi connectivity index (χ1n) is 4.52. The minimum Gasteiger partial charge on any atom is -0.343 e. The zero-order valence-electron chi connectivity index (χ0n) is 8.52. The SMILES string of the molecule is CC[N+](CC)(CC)C(C)(C)O. The van der Waals surface area contributed by atoms with Gasteiger partial charge in [-0.1, -0.05) is 0 Å². The summed E-state index contributed by atoms with van der Waals surface area (Å²) in [5, 5.41) is 9.90. The normalized spacial score (nSPS) is 13.6. The van der Waals surface area contributed by atoms with Gasteiger partial charge in [-0.15, -0.1) is 0 Å². The van der Waals surface area contributed by atoms with Gasteiger partial charge in [0.2, 0.25) is 0 Å². The molecule has 0 fully saturated rings. The second-order valence-corrected chi connectivity index (χ2v) is 3.59. The summed E-state index contributed by atoms with van der Waals surface area (Å²) in [5.74, 6) is 0. The third kappa shape index (κ3) is 1.94. The molecule has 2 nitrogen and oxygen atoms in total. The van der Waals surface area contributed by atoms with Crippen molar-refractivity contribution in [1.29, 1.82) is 0 Å². The lowest BCUT2D eigenvalue weighted by Gasteiger charge is -2.45. The van der Waals surface area contributed by atoms with E-state index < -0.39 is 5.72 Å². The van der Waals surface area contributed by atoms with E-state index in [0.29, 0.717) is 0 Å². The van der Waals surface area contributed by atoms with Gasteiger partial charge in [-0.3, -0.25) is 4.48 Å². The first-order valence-corrected chi connectivity index (χ1v) is 4.52. The van der Waals surface area contributed by atoms with Gasteiger partial charge in [-0.2, -0.15) is 0 Å². The van der Waals surface area contributed by atoms with Crippen LogP contribution in [0.2, 0.25) is 0 Å². The molecule has 68 valence electrons. The summed E-state index contributed by atoms with van der Waals surface area (Å²) < 4.78 is 0.785. The Labute approximate surface area is 70.4 Å². The Bertz CT molecular complexity index is 103. The van der Waals surface area contributed by atoms with Crippen LogP contribution in [0.4, 0.5) is 0 Å². The number of quaternary nitrogens is 1. The van der Waals surface area contributed by atoms with Crippen LogP contribution in [0.25, 0.3) is 0 Å². The van der Waals surface area contributed by atoms with Crippen LogP contribution < -0.4 is 0 Å². The highest BCUT2D eigenvalue weighted by Crippen LogP contribution is 2.20. The van der Waals surface area contributed by atoms with E-state index in [0.717, 1.165) is 24.1 Å². The maximum absolute atomic E-state index is 9.90. The van der Waals surface area contributed by atoms with Crippen molar-refractivity contribution in [2.75, 3.05) is 19.6 Å². The molecule has 0 atom stereocenters. The van der Waals surface area contributed by atoms with Gasteiger partial charge in [0.05, 0.1) is 19.6 Å². The van der Waals surface area contributed by atoms with Crippen LogP contribution in [0, 0.1) is 0 Å². The molecule has 1 N–H and O–H groups in total. The zero-order valence-corrected chi connectivity index (χ0v) is 8.52. The van der Waals surface area contributed by atoms with Crippen molar-refractivity contribution in [2.45, 2.75) is 40.3 Å². The van der Waals surface area contributed by atoms with Crippen LogP contribution in [-0.2, 0) is 0 Å². The lowest BCUT2D eigenvalue weighted by atomic mass is 10.1. The van der Waals surface area contributed by atoms with Crippen LogP contribution >= 0.6 is 0 Å². The van der Waals surface area contributed by atoms with Crippen LogP contribution in [0.3, 0.4) is 0 Å². The summed E-state index contributed by atoms with van der Waals surface area (Å²) in [6.07, 6.45) is 0. The molecule has 0 aliphatic rings. The van der Waals surface area contributed by atoms with Crippen molar-refractivity contribution in [3.8, 4) is 0 Å². The predicted molar refractivity (Wildman–Crippen MR) is 48.2 cm³/mol. The Morgan fingerprint density at radius 1 is 1.00 bits per heavy atom. The van der Waals surface area contributed by atoms with E-state index in [1.54, 1.807) is 0 Å². The van der Waals surface area contributed by atoms with Crippen LogP contribution in [0.15, 0.2) is 0 Å². The first-order chi connectivity index (χ1) is 4.93. The Hall–Kier alpha value is -0.0800. The van der Waals surface area contributed by atoms with Crippen molar-refractivity contribution in [2.24, 2.45) is 0 Å². The predicted octanol–water partition coefficient (Wildman–Crippen LogP) is 1.59. The number of hydrogen-bond acceptors (Lipinski definition) is 1. The number of aliphatic hydroxyl groups is 1. The van der Waals surface area contributed by atoms with Gasteiger partial charge in [0, 0.05) is 13.8 Å². The standard InChI is InChI=1S/C9H22NO/c1-6-10(7-2,8-3)9(4,5)11/h11H,6-8H2,1-5H3/q+1. The highest BCUT2D eigenvalue weighted by molar-refractivity contribution is 4.53. The van der Waals surface area contributed by atoms with Gasteiger partial charge in [-0.25, -0.2) is 0 Å². The van der Waals surface area contributed by atoms with Crippen LogP contribution in [0.1, 0.15) is 34.6 Å². The Morgan fingerprint density at radius 3 is 1.27 bits per heavy atom. The summed E-state index contributed by atoms with van der Waals surface area (Å²) in [6.45, 7) is 13.2. The molecular formula is C9H22NO+. The topological polar surface area (TPSA) is 20.2 Å². The fraction of sp³-hybridized carbons (Fsp3) is 1.00. The molecule has 0 unspecified atom stereocenters. The molecule has 0 bridgehead atoms. The lowest BCUT2D eigenvalue weighted by Crippen LogP contribution is -2.61. The smallest absolute Gasteiger partial charge is 0.194 e. The number of rotatable bonds is 4. The molecule has 0 amide bonds. The van der Waals surface area contributed by atoms with E-state index in [-0.39, 0.29) is 0 Å². The second kappa shape index (κ2) is 3.55. The summed E-state index contributed by atoms with van der Waals surface area (Å²) in [6, 6.07) is 0. The van der Waals surface area contributed by atoms with E-state index in [2.05, 4.69) is 20.8 Å². The third-order valence-electron chi connectivity index (χ3n) is 2.98. The quantitative estimate of drug-likeness (QED) is 0.489. The summed E-state index contributed by atoms with van der Waals surface area (Å²) in [4.78, 5) is 0. The molecule has 0 rings (SSSR count). The monoisotopic (exact) mass is 160 g/mol. The highest BCUT2D eigenvalue weighted by Gasteiger charge is 2.37. The largest absolute Gasteiger partial charge is 0.343 e. The maximum Gasteiger partial charge on any atom is 0.194 e. The molecule has 11 heavy (non-hydrogen) atoms. The molecule has 0 aliphatic carbocycles. The minimum absolute atomic E-state index is 0.599. The molecule has 0 aromatic rings. The molecule has 0 aromatic heterocycles. The first kappa shape index (κ1) is 10.9. The Morgan fingerprint density at radius 2 is 1.27 bits per heavy atom. The maximum atomic E-state index is 9.90. The average molecular weight is 160 g/mol. The minimum atomic E-state index is -0.599. The van der Waals surface area contributed by atoms with E-state index in [4.69, 9.17) is 0 Å². The van der Waals surface area contributed by atoms with Crippen molar-refractivity contribution in [3.05, 3.63) is 0 Å². The Balaban J connectivity index is 4.54. The fourth-order valence-electron chi connectivity index (χ4n) is 1.83. The summed E-state index contributed by atoms with van der Waals surface area (Å²) >= 11 is 0. The van der Waals surface area contributed by atoms with Crippen molar-refractivity contribution >= 4 is 0 Å². The van der Waals surface area contributed by atoms with Crippen LogP contribution in [0.5, 0.6) is 0 Å². The second-order valence-electron chi connectivity index (χ2n) is 3.59. The Kier molecular flexibility index (Phi) is 3.52. The molecule has 0 spiro atoms. The van der Waals surface area contributed by atoms with Gasteiger partial charge in [-0.05, 0) is 20.8 Å². The van der Waals surface area contributed by atoms with Gasteiger partial charge in [0.25, 0.3) is 0 Å². The van der Waals surface area contributed by atoms with Gasteiger partial charge in [0.15, 0.2) is 5.72 Å². The fourth-order valence-corrected chi connectivity index (χ4v) is 1.83. The zero-order chi connectivity index (χ0) is 9.12. The van der Waals surface area contributed by atoms with Gasteiger partial charge in [0.1, 0.15) is 0 Å². The summed E-state index contributed by atoms with van der Waals surface area (Å²) in [7, 11) is 0. The van der Waals surface area contributed by atoms with Crippen molar-refractivity contribution < 1.29 is 9.59 Å². The molecular weight excluding hydrogens is 138 g/mol. The highest BCUT2D eigenvalue weighted by atomic mass is 16.3. The molecule has 0 heterocycles. The van der Waals surface area contributed by atoms with E-state index in [9.17, 15) is 5.11 Å².